The molecule has 1 aromatic heterocycles. The summed E-state index contributed by atoms with van der Waals surface area (Å²) in [6.45, 7) is 2.15. The molecule has 1 N–H and O–H groups in total. The van der Waals surface area contributed by atoms with E-state index in [1.165, 1.54) is 0 Å². The molecule has 1 heterocycles. The van der Waals surface area contributed by atoms with Crippen LogP contribution in [0.4, 0.5) is 0 Å². The fourth-order valence-corrected chi connectivity index (χ4v) is 2.73. The summed E-state index contributed by atoms with van der Waals surface area (Å²) < 4.78 is 1.82. The largest absolute Gasteiger partial charge is 0.348 e. The molecule has 0 aliphatic rings. The molecule has 4 heteroatoms. The summed E-state index contributed by atoms with van der Waals surface area (Å²) in [7, 11) is 0. The number of benzene rings is 2. The Balaban J connectivity index is 1.77. The predicted molar refractivity (Wildman–Crippen MR) is 89.7 cm³/mol. The van der Waals surface area contributed by atoms with Gasteiger partial charge in [0.2, 0.25) is 5.91 Å². The lowest BCUT2D eigenvalue weighted by Gasteiger charge is -2.15. The Labute approximate surface area is 135 Å². The van der Waals surface area contributed by atoms with Crippen molar-refractivity contribution >= 4 is 16.8 Å². The first-order valence-corrected chi connectivity index (χ1v) is 7.51. The van der Waals surface area contributed by atoms with Crippen molar-refractivity contribution < 1.29 is 4.79 Å². The van der Waals surface area contributed by atoms with Gasteiger partial charge in [0.05, 0.1) is 11.6 Å². The van der Waals surface area contributed by atoms with Gasteiger partial charge in [-0.2, -0.15) is 5.26 Å². The van der Waals surface area contributed by atoms with Gasteiger partial charge < -0.3 is 9.88 Å². The number of hydrogen-bond donors (Lipinski definition) is 1. The van der Waals surface area contributed by atoms with Gasteiger partial charge in [-0.25, -0.2) is 0 Å². The molecule has 4 nitrogen and oxygen atoms in total. The van der Waals surface area contributed by atoms with E-state index in [1.807, 2.05) is 66.1 Å². The van der Waals surface area contributed by atoms with Crippen LogP contribution in [0.5, 0.6) is 0 Å². The molecule has 0 spiro atoms. The van der Waals surface area contributed by atoms with E-state index in [0.717, 1.165) is 16.5 Å². The molecule has 114 valence electrons. The Morgan fingerprint density at radius 3 is 2.61 bits per heavy atom. The van der Waals surface area contributed by atoms with Crippen LogP contribution in [0.3, 0.4) is 0 Å². The van der Waals surface area contributed by atoms with Crippen molar-refractivity contribution in [1.82, 2.24) is 9.88 Å². The highest BCUT2D eigenvalue weighted by atomic mass is 16.2. The maximum absolute atomic E-state index is 12.3. The van der Waals surface area contributed by atoms with Crippen molar-refractivity contribution in [3.8, 4) is 6.07 Å². The number of nitrogens with one attached hydrogen (secondary N) is 1. The first kappa shape index (κ1) is 14.9. The number of para-hydroxylation sites is 1. The number of aromatic nitrogens is 1. The van der Waals surface area contributed by atoms with Gasteiger partial charge in [0.15, 0.2) is 0 Å². The lowest BCUT2D eigenvalue weighted by atomic mass is 10.1. The molecular formula is C19H17N3O. The number of nitriles is 1. The monoisotopic (exact) mass is 303 g/mol. The van der Waals surface area contributed by atoms with E-state index in [9.17, 15) is 10.1 Å². The summed E-state index contributed by atoms with van der Waals surface area (Å²) in [4.78, 5) is 12.3. The molecular weight excluding hydrogens is 286 g/mol. The maximum atomic E-state index is 12.3. The van der Waals surface area contributed by atoms with E-state index in [-0.39, 0.29) is 18.5 Å². The van der Waals surface area contributed by atoms with E-state index < -0.39 is 0 Å². The molecule has 0 fully saturated rings. The summed E-state index contributed by atoms with van der Waals surface area (Å²) in [5.74, 6) is -0.0772. The number of rotatable bonds is 4. The van der Waals surface area contributed by atoms with Gasteiger partial charge in [-0.15, -0.1) is 0 Å². The zero-order valence-electron chi connectivity index (χ0n) is 12.9. The average molecular weight is 303 g/mol. The second kappa shape index (κ2) is 6.37. The number of nitrogens with zero attached hydrogens (tertiary/aromatic N) is 2. The van der Waals surface area contributed by atoms with Crippen LogP contribution in [-0.4, -0.2) is 10.5 Å². The molecule has 0 unspecified atom stereocenters. The van der Waals surface area contributed by atoms with Crippen LogP contribution in [0.2, 0.25) is 0 Å². The quantitative estimate of drug-likeness (QED) is 0.803. The fourth-order valence-electron chi connectivity index (χ4n) is 2.73. The average Bonchev–Trinajstić information content (AvgIpc) is 2.93. The van der Waals surface area contributed by atoms with Crippen molar-refractivity contribution in [1.29, 1.82) is 5.26 Å². The molecule has 0 aliphatic heterocycles. The van der Waals surface area contributed by atoms with Gasteiger partial charge in [0, 0.05) is 17.1 Å². The molecule has 0 bridgehead atoms. The molecule has 0 aliphatic carbocycles. The highest BCUT2D eigenvalue weighted by molar-refractivity contribution is 5.88. The maximum Gasteiger partial charge on any atom is 0.240 e. The zero-order valence-corrected chi connectivity index (χ0v) is 12.9. The van der Waals surface area contributed by atoms with Crippen LogP contribution in [0.15, 0.2) is 60.8 Å². The zero-order chi connectivity index (χ0) is 16.2. The Kier molecular flexibility index (Phi) is 4.11. The van der Waals surface area contributed by atoms with E-state index in [1.54, 1.807) is 6.20 Å². The highest BCUT2D eigenvalue weighted by Crippen LogP contribution is 2.20. The number of hydrogen-bond acceptors (Lipinski definition) is 2. The minimum atomic E-state index is -0.0772. The molecule has 3 rings (SSSR count). The summed E-state index contributed by atoms with van der Waals surface area (Å²) in [5.41, 5.74) is 2.55. The van der Waals surface area contributed by atoms with E-state index in [2.05, 4.69) is 11.4 Å². The number of amides is 1. The van der Waals surface area contributed by atoms with Crippen molar-refractivity contribution in [2.75, 3.05) is 0 Å². The van der Waals surface area contributed by atoms with Gasteiger partial charge in [-0.05, 0) is 18.6 Å². The normalized spacial score (nSPS) is 11.8. The standard InChI is InChI=1S/C19H17N3O/c1-14(15-7-3-2-4-8-15)21-19(23)13-22-12-16(11-20)17-9-5-6-10-18(17)22/h2-10,12,14H,13H2,1H3,(H,21,23)/t14-/m0/s1. The highest BCUT2D eigenvalue weighted by Gasteiger charge is 2.13. The van der Waals surface area contributed by atoms with Crippen LogP contribution in [0.1, 0.15) is 24.1 Å². The molecule has 1 atom stereocenters. The third kappa shape index (κ3) is 3.09. The Morgan fingerprint density at radius 1 is 1.17 bits per heavy atom. The third-order valence-electron chi connectivity index (χ3n) is 3.90. The number of carbonyl (C=O) groups is 1. The molecule has 2 aromatic carbocycles. The lowest BCUT2D eigenvalue weighted by molar-refractivity contribution is -0.122. The van der Waals surface area contributed by atoms with Gasteiger partial charge >= 0.3 is 0 Å². The van der Waals surface area contributed by atoms with Crippen molar-refractivity contribution in [2.24, 2.45) is 0 Å². The third-order valence-corrected chi connectivity index (χ3v) is 3.90. The van der Waals surface area contributed by atoms with Crippen LogP contribution in [0.25, 0.3) is 10.9 Å². The summed E-state index contributed by atoms with van der Waals surface area (Å²) >= 11 is 0. The minimum absolute atomic E-state index is 0.0547. The lowest BCUT2D eigenvalue weighted by Crippen LogP contribution is -2.29. The first-order valence-electron chi connectivity index (χ1n) is 7.51. The second-order valence-corrected chi connectivity index (χ2v) is 5.50. The van der Waals surface area contributed by atoms with Crippen LogP contribution in [0, 0.1) is 11.3 Å². The summed E-state index contributed by atoms with van der Waals surface area (Å²) in [6.07, 6.45) is 1.73. The van der Waals surface area contributed by atoms with Crippen LogP contribution >= 0.6 is 0 Å². The number of fused-ring (bicyclic) bond motifs is 1. The topological polar surface area (TPSA) is 57.8 Å². The summed E-state index contributed by atoms with van der Waals surface area (Å²) in [5, 5.41) is 13.1. The molecule has 0 saturated heterocycles. The summed E-state index contributed by atoms with van der Waals surface area (Å²) in [6, 6.07) is 19.6. The van der Waals surface area contributed by atoms with Crippen LogP contribution in [-0.2, 0) is 11.3 Å². The van der Waals surface area contributed by atoms with Crippen molar-refractivity contribution in [3.05, 3.63) is 71.9 Å². The van der Waals surface area contributed by atoms with Gasteiger partial charge in [-0.1, -0.05) is 48.5 Å². The smallest absolute Gasteiger partial charge is 0.240 e. The van der Waals surface area contributed by atoms with Crippen molar-refractivity contribution in [2.45, 2.75) is 19.5 Å². The molecule has 1 amide bonds. The first-order chi connectivity index (χ1) is 11.2. The molecule has 23 heavy (non-hydrogen) atoms. The Bertz CT molecular complexity index is 875. The van der Waals surface area contributed by atoms with E-state index in [4.69, 9.17) is 0 Å². The van der Waals surface area contributed by atoms with E-state index >= 15 is 0 Å². The Hall–Kier alpha value is -3.06. The molecule has 0 radical (unpaired) electrons. The molecule has 0 saturated carbocycles. The SMILES string of the molecule is C[C@H](NC(=O)Cn1cc(C#N)c2ccccc21)c1ccccc1. The van der Waals surface area contributed by atoms with Gasteiger partial charge in [0.1, 0.15) is 12.6 Å². The van der Waals surface area contributed by atoms with E-state index in [0.29, 0.717) is 5.56 Å². The fraction of sp³-hybridized carbons (Fsp3) is 0.158. The van der Waals surface area contributed by atoms with Crippen molar-refractivity contribution in [3.63, 3.8) is 0 Å². The predicted octanol–water partition coefficient (Wildman–Crippen LogP) is 3.39. The Morgan fingerprint density at radius 2 is 1.87 bits per heavy atom. The van der Waals surface area contributed by atoms with Crippen LogP contribution < -0.4 is 5.32 Å². The molecule has 3 aromatic rings. The second-order valence-electron chi connectivity index (χ2n) is 5.50. The minimum Gasteiger partial charge on any atom is -0.348 e. The number of carbonyl (C=O) groups excluding carboxylic acids is 1. The van der Waals surface area contributed by atoms with Gasteiger partial charge in [0.25, 0.3) is 0 Å². The van der Waals surface area contributed by atoms with Gasteiger partial charge in [-0.3, -0.25) is 4.79 Å².